The summed E-state index contributed by atoms with van der Waals surface area (Å²) in [6.45, 7) is 0.0749. The van der Waals surface area contributed by atoms with E-state index in [2.05, 4.69) is 9.72 Å². The Hall–Kier alpha value is -2.40. The molecule has 0 aliphatic heterocycles. The van der Waals surface area contributed by atoms with Gasteiger partial charge in [0.1, 0.15) is 11.8 Å². The van der Waals surface area contributed by atoms with Gasteiger partial charge < -0.3 is 9.47 Å². The summed E-state index contributed by atoms with van der Waals surface area (Å²) in [6, 6.07) is 9.47. The Morgan fingerprint density at radius 1 is 1.14 bits per heavy atom. The van der Waals surface area contributed by atoms with Gasteiger partial charge in [0, 0.05) is 11.8 Å². The Bertz CT molecular complexity index is 655. The normalized spacial score (nSPS) is 10.0. The molecule has 5 nitrogen and oxygen atoms in total. The lowest BCUT2D eigenvalue weighted by atomic mass is 10.1. The first kappa shape index (κ1) is 15.0. The van der Waals surface area contributed by atoms with E-state index in [0.29, 0.717) is 10.7 Å². The fourth-order valence-electron chi connectivity index (χ4n) is 1.62. The van der Waals surface area contributed by atoms with Gasteiger partial charge in [-0.2, -0.15) is 0 Å². The highest BCUT2D eigenvalue weighted by Crippen LogP contribution is 2.11. The molecular weight excluding hydrogens is 294 g/mol. The summed E-state index contributed by atoms with van der Waals surface area (Å²) in [4.78, 5) is 27.2. The predicted molar refractivity (Wildman–Crippen MR) is 76.1 cm³/mol. The minimum absolute atomic E-state index is 0.0749. The van der Waals surface area contributed by atoms with Crippen molar-refractivity contribution in [2.75, 3.05) is 7.11 Å². The molecule has 0 aliphatic carbocycles. The van der Waals surface area contributed by atoms with Crippen molar-refractivity contribution in [1.82, 2.24) is 4.98 Å². The largest absolute Gasteiger partial charge is 0.465 e. The van der Waals surface area contributed by atoms with E-state index in [1.807, 2.05) is 0 Å². The van der Waals surface area contributed by atoms with E-state index >= 15 is 0 Å². The smallest absolute Gasteiger partial charge is 0.338 e. The average Bonchev–Trinajstić information content (AvgIpc) is 2.53. The van der Waals surface area contributed by atoms with Crippen LogP contribution in [0.5, 0.6) is 0 Å². The molecule has 0 amide bonds. The molecule has 0 N–H and O–H groups in total. The third-order valence-corrected chi connectivity index (χ3v) is 2.90. The van der Waals surface area contributed by atoms with Gasteiger partial charge in [0.15, 0.2) is 0 Å². The number of nitrogens with zero attached hydrogens (tertiary/aromatic N) is 1. The molecule has 0 fully saturated rings. The van der Waals surface area contributed by atoms with E-state index in [1.165, 1.54) is 19.4 Å². The maximum Gasteiger partial charge on any atom is 0.338 e. The number of aromatic nitrogens is 1. The van der Waals surface area contributed by atoms with Crippen LogP contribution in [-0.2, 0) is 16.1 Å². The Kier molecular flexibility index (Phi) is 4.90. The van der Waals surface area contributed by atoms with Crippen LogP contribution in [0.15, 0.2) is 42.6 Å². The molecule has 0 aliphatic rings. The van der Waals surface area contributed by atoms with Crippen molar-refractivity contribution >= 4 is 23.5 Å². The number of rotatable bonds is 4. The number of hydrogen-bond acceptors (Lipinski definition) is 5. The van der Waals surface area contributed by atoms with Gasteiger partial charge in [-0.1, -0.05) is 23.7 Å². The molecule has 0 atom stereocenters. The Morgan fingerprint density at radius 3 is 2.48 bits per heavy atom. The predicted octanol–water partition coefficient (Wildman–Crippen LogP) is 2.88. The Balaban J connectivity index is 2.03. The van der Waals surface area contributed by atoms with Gasteiger partial charge in [-0.15, -0.1) is 0 Å². The number of esters is 2. The SMILES string of the molecule is COC(=O)c1cccc(C(=O)OCc2ccc(Cl)nc2)c1. The zero-order valence-electron chi connectivity index (χ0n) is 11.2. The summed E-state index contributed by atoms with van der Waals surface area (Å²) in [5, 5.41) is 0.371. The number of methoxy groups -OCH3 is 1. The van der Waals surface area contributed by atoms with Gasteiger partial charge in [-0.3, -0.25) is 0 Å². The first-order valence-electron chi connectivity index (χ1n) is 6.06. The van der Waals surface area contributed by atoms with Crippen molar-refractivity contribution in [3.63, 3.8) is 0 Å². The van der Waals surface area contributed by atoms with Crippen LogP contribution in [0.1, 0.15) is 26.3 Å². The fourth-order valence-corrected chi connectivity index (χ4v) is 1.73. The molecule has 1 heterocycles. The summed E-state index contributed by atoms with van der Waals surface area (Å²) in [6.07, 6.45) is 1.53. The molecule has 0 bridgehead atoms. The van der Waals surface area contributed by atoms with Gasteiger partial charge in [-0.25, -0.2) is 14.6 Å². The van der Waals surface area contributed by atoms with E-state index in [1.54, 1.807) is 30.3 Å². The van der Waals surface area contributed by atoms with Gasteiger partial charge in [0.05, 0.1) is 18.2 Å². The van der Waals surface area contributed by atoms with Crippen LogP contribution < -0.4 is 0 Å². The summed E-state index contributed by atoms with van der Waals surface area (Å²) in [7, 11) is 1.28. The van der Waals surface area contributed by atoms with Crippen LogP contribution in [0, 0.1) is 0 Å². The van der Waals surface area contributed by atoms with Crippen LogP contribution >= 0.6 is 11.6 Å². The highest BCUT2D eigenvalue weighted by atomic mass is 35.5. The molecule has 0 saturated heterocycles. The maximum absolute atomic E-state index is 11.9. The molecule has 2 aromatic rings. The number of pyridine rings is 1. The third-order valence-electron chi connectivity index (χ3n) is 2.68. The van der Waals surface area contributed by atoms with Crippen molar-refractivity contribution in [2.24, 2.45) is 0 Å². The molecule has 0 saturated carbocycles. The van der Waals surface area contributed by atoms with Crippen LogP contribution in [0.2, 0.25) is 5.15 Å². The zero-order chi connectivity index (χ0) is 15.2. The molecular formula is C15H12ClNO4. The first-order valence-corrected chi connectivity index (χ1v) is 6.44. The number of carbonyl (C=O) groups is 2. The molecule has 6 heteroatoms. The molecule has 0 radical (unpaired) electrons. The quantitative estimate of drug-likeness (QED) is 0.642. The van der Waals surface area contributed by atoms with Crippen LogP contribution in [0.25, 0.3) is 0 Å². The second-order valence-electron chi connectivity index (χ2n) is 4.14. The number of ether oxygens (including phenoxy) is 2. The minimum atomic E-state index is -0.532. The lowest BCUT2D eigenvalue weighted by molar-refractivity contribution is 0.0472. The van der Waals surface area contributed by atoms with E-state index in [-0.39, 0.29) is 12.2 Å². The van der Waals surface area contributed by atoms with Crippen LogP contribution in [-0.4, -0.2) is 24.0 Å². The van der Waals surface area contributed by atoms with Crippen molar-refractivity contribution in [1.29, 1.82) is 0 Å². The summed E-state index contributed by atoms with van der Waals surface area (Å²) in [5.74, 6) is -1.04. The molecule has 2 rings (SSSR count). The van der Waals surface area contributed by atoms with Crippen LogP contribution in [0.4, 0.5) is 0 Å². The van der Waals surface area contributed by atoms with Gasteiger partial charge >= 0.3 is 11.9 Å². The monoisotopic (exact) mass is 305 g/mol. The zero-order valence-corrected chi connectivity index (χ0v) is 12.0. The topological polar surface area (TPSA) is 65.5 Å². The van der Waals surface area contributed by atoms with Gasteiger partial charge in [0.2, 0.25) is 0 Å². The fraction of sp³-hybridized carbons (Fsp3) is 0.133. The summed E-state index contributed by atoms with van der Waals surface area (Å²) >= 11 is 5.67. The number of benzene rings is 1. The molecule has 21 heavy (non-hydrogen) atoms. The molecule has 0 unspecified atom stereocenters. The maximum atomic E-state index is 11.9. The van der Waals surface area contributed by atoms with Crippen molar-refractivity contribution in [3.8, 4) is 0 Å². The summed E-state index contributed by atoms with van der Waals surface area (Å²) in [5.41, 5.74) is 1.29. The second-order valence-corrected chi connectivity index (χ2v) is 4.52. The molecule has 108 valence electrons. The minimum Gasteiger partial charge on any atom is -0.465 e. The van der Waals surface area contributed by atoms with E-state index < -0.39 is 11.9 Å². The third kappa shape index (κ3) is 4.03. The standard InChI is InChI=1S/C15H12ClNO4/c1-20-14(18)11-3-2-4-12(7-11)15(19)21-9-10-5-6-13(16)17-8-10/h2-8H,9H2,1H3. The highest BCUT2D eigenvalue weighted by molar-refractivity contribution is 6.29. The average molecular weight is 306 g/mol. The van der Waals surface area contributed by atoms with E-state index in [4.69, 9.17) is 16.3 Å². The number of hydrogen-bond donors (Lipinski definition) is 0. The summed E-state index contributed by atoms with van der Waals surface area (Å²) < 4.78 is 9.75. The van der Waals surface area contributed by atoms with Crippen molar-refractivity contribution < 1.29 is 19.1 Å². The molecule has 0 spiro atoms. The number of carbonyl (C=O) groups excluding carboxylic acids is 2. The van der Waals surface area contributed by atoms with E-state index in [9.17, 15) is 9.59 Å². The Labute approximate surface area is 126 Å². The lowest BCUT2D eigenvalue weighted by Gasteiger charge is -2.06. The van der Waals surface area contributed by atoms with Crippen LogP contribution in [0.3, 0.4) is 0 Å². The molecule has 1 aromatic heterocycles. The molecule has 1 aromatic carbocycles. The van der Waals surface area contributed by atoms with Gasteiger partial charge in [-0.05, 0) is 24.3 Å². The van der Waals surface area contributed by atoms with Crippen molar-refractivity contribution in [3.05, 3.63) is 64.4 Å². The highest BCUT2D eigenvalue weighted by Gasteiger charge is 2.11. The number of halogens is 1. The van der Waals surface area contributed by atoms with E-state index in [0.717, 1.165) is 5.56 Å². The second kappa shape index (κ2) is 6.85. The van der Waals surface area contributed by atoms with Crippen molar-refractivity contribution in [2.45, 2.75) is 6.61 Å². The lowest BCUT2D eigenvalue weighted by Crippen LogP contribution is -2.08. The Morgan fingerprint density at radius 2 is 1.86 bits per heavy atom. The van der Waals surface area contributed by atoms with Gasteiger partial charge in [0.25, 0.3) is 0 Å². The first-order chi connectivity index (χ1) is 10.1.